The third-order valence-corrected chi connectivity index (χ3v) is 4.86. The Hall–Kier alpha value is -0.120. The van der Waals surface area contributed by atoms with Crippen LogP contribution in [0.15, 0.2) is 22.0 Å². The van der Waals surface area contributed by atoms with Crippen LogP contribution >= 0.6 is 49.9 Å². The van der Waals surface area contributed by atoms with Gasteiger partial charge in [-0.05, 0) is 50.2 Å². The smallest absolute Gasteiger partial charge is 0.0670 e. The van der Waals surface area contributed by atoms with Crippen molar-refractivity contribution in [2.75, 3.05) is 0 Å². The van der Waals surface area contributed by atoms with Gasteiger partial charge in [-0.1, -0.05) is 6.07 Å². The molecule has 14 heavy (non-hydrogen) atoms. The number of thiophene rings is 1. The van der Waals surface area contributed by atoms with Gasteiger partial charge in [0.15, 0.2) is 0 Å². The van der Waals surface area contributed by atoms with E-state index in [1.165, 1.54) is 13.7 Å². The van der Waals surface area contributed by atoms with E-state index in [1.807, 2.05) is 6.07 Å². The maximum atomic E-state index is 8.70. The van der Waals surface area contributed by atoms with Gasteiger partial charge in [0.05, 0.1) is 12.5 Å². The second kappa shape index (κ2) is 4.17. The minimum atomic E-state index is 0.486. The third kappa shape index (κ3) is 1.69. The molecular weight excluding hydrogens is 373 g/mol. The van der Waals surface area contributed by atoms with Crippen molar-refractivity contribution in [1.29, 1.82) is 5.26 Å². The van der Waals surface area contributed by atoms with Gasteiger partial charge in [0.25, 0.3) is 0 Å². The lowest BCUT2D eigenvalue weighted by Crippen LogP contribution is -1.83. The summed E-state index contributed by atoms with van der Waals surface area (Å²) >= 11 is 7.54. The standard InChI is InChI=1S/C10H5BrINS/c11-7-5-14-10-6(3-4-13)1-2-8(12)9(7)10/h1-2,5H,3H2. The summed E-state index contributed by atoms with van der Waals surface area (Å²) in [7, 11) is 0. The van der Waals surface area contributed by atoms with Crippen LogP contribution in [0, 0.1) is 14.9 Å². The van der Waals surface area contributed by atoms with E-state index in [0.29, 0.717) is 6.42 Å². The number of halogens is 2. The van der Waals surface area contributed by atoms with Crippen molar-refractivity contribution in [1.82, 2.24) is 0 Å². The molecule has 0 unspecified atom stereocenters. The molecule has 1 aromatic carbocycles. The SMILES string of the molecule is N#CCc1ccc(I)c2c(Br)csc12. The number of hydrogen-bond acceptors (Lipinski definition) is 2. The summed E-state index contributed by atoms with van der Waals surface area (Å²) in [6.07, 6.45) is 0.486. The van der Waals surface area contributed by atoms with E-state index >= 15 is 0 Å². The Morgan fingerprint density at radius 3 is 3.00 bits per heavy atom. The van der Waals surface area contributed by atoms with Crippen molar-refractivity contribution >= 4 is 59.9 Å². The average molecular weight is 378 g/mol. The van der Waals surface area contributed by atoms with Crippen molar-refractivity contribution in [3.8, 4) is 6.07 Å². The molecular formula is C10H5BrINS. The van der Waals surface area contributed by atoms with Crippen LogP contribution in [0.1, 0.15) is 5.56 Å². The number of nitrogens with zero attached hydrogens (tertiary/aromatic N) is 1. The largest absolute Gasteiger partial charge is 0.198 e. The van der Waals surface area contributed by atoms with Crippen molar-refractivity contribution in [3.05, 3.63) is 31.1 Å². The zero-order valence-corrected chi connectivity index (χ0v) is 11.6. The molecule has 0 saturated carbocycles. The van der Waals surface area contributed by atoms with E-state index < -0.39 is 0 Å². The lowest BCUT2D eigenvalue weighted by molar-refractivity contribution is 1.29. The van der Waals surface area contributed by atoms with E-state index in [4.69, 9.17) is 5.26 Å². The van der Waals surface area contributed by atoms with Crippen LogP contribution < -0.4 is 0 Å². The van der Waals surface area contributed by atoms with Crippen LogP contribution in [0.2, 0.25) is 0 Å². The van der Waals surface area contributed by atoms with Gasteiger partial charge < -0.3 is 0 Å². The van der Waals surface area contributed by atoms with Crippen LogP contribution in [0.25, 0.3) is 10.1 Å². The van der Waals surface area contributed by atoms with Gasteiger partial charge in [-0.25, -0.2) is 0 Å². The van der Waals surface area contributed by atoms with Gasteiger partial charge in [0, 0.05) is 23.5 Å². The van der Waals surface area contributed by atoms with Crippen molar-refractivity contribution in [3.63, 3.8) is 0 Å². The highest BCUT2D eigenvalue weighted by Crippen LogP contribution is 2.36. The number of hydrogen-bond donors (Lipinski definition) is 0. The monoisotopic (exact) mass is 377 g/mol. The lowest BCUT2D eigenvalue weighted by atomic mass is 10.1. The van der Waals surface area contributed by atoms with Crippen molar-refractivity contribution < 1.29 is 0 Å². The molecule has 1 nitrogen and oxygen atoms in total. The fraction of sp³-hybridized carbons (Fsp3) is 0.100. The molecule has 0 atom stereocenters. The summed E-state index contributed by atoms with van der Waals surface area (Å²) < 4.78 is 3.58. The Kier molecular flexibility index (Phi) is 3.10. The summed E-state index contributed by atoms with van der Waals surface area (Å²) in [5.74, 6) is 0. The number of nitriles is 1. The maximum absolute atomic E-state index is 8.70. The molecule has 0 saturated heterocycles. The molecule has 0 radical (unpaired) electrons. The Balaban J connectivity index is 2.78. The second-order valence-electron chi connectivity index (χ2n) is 2.83. The lowest BCUT2D eigenvalue weighted by Gasteiger charge is -2.00. The molecule has 1 heterocycles. The van der Waals surface area contributed by atoms with Gasteiger partial charge >= 0.3 is 0 Å². The molecule has 4 heteroatoms. The molecule has 0 bridgehead atoms. The molecule has 0 aliphatic carbocycles. The van der Waals surface area contributed by atoms with Crippen LogP contribution in [-0.4, -0.2) is 0 Å². The van der Waals surface area contributed by atoms with Crippen molar-refractivity contribution in [2.24, 2.45) is 0 Å². The Labute approximate surface area is 108 Å². The number of benzene rings is 1. The van der Waals surface area contributed by atoms with Crippen LogP contribution in [0.4, 0.5) is 0 Å². The Morgan fingerprint density at radius 1 is 1.50 bits per heavy atom. The molecule has 2 aromatic rings. The van der Waals surface area contributed by atoms with E-state index in [0.717, 1.165) is 10.0 Å². The number of rotatable bonds is 1. The highest BCUT2D eigenvalue weighted by Gasteiger charge is 2.09. The van der Waals surface area contributed by atoms with Crippen LogP contribution in [0.3, 0.4) is 0 Å². The zero-order chi connectivity index (χ0) is 10.1. The summed E-state index contributed by atoms with van der Waals surface area (Å²) in [6, 6.07) is 6.29. The second-order valence-corrected chi connectivity index (χ2v) is 5.73. The molecule has 0 fully saturated rings. The fourth-order valence-electron chi connectivity index (χ4n) is 1.35. The fourth-order valence-corrected chi connectivity index (χ4v) is 4.44. The molecule has 0 spiro atoms. The molecule has 0 aliphatic heterocycles. The molecule has 0 N–H and O–H groups in total. The van der Waals surface area contributed by atoms with E-state index in [1.54, 1.807) is 11.3 Å². The first-order chi connectivity index (χ1) is 6.74. The van der Waals surface area contributed by atoms with E-state index in [9.17, 15) is 0 Å². The molecule has 70 valence electrons. The van der Waals surface area contributed by atoms with Gasteiger partial charge in [-0.15, -0.1) is 11.3 Å². The van der Waals surface area contributed by atoms with Gasteiger partial charge in [-0.2, -0.15) is 5.26 Å². The highest BCUT2D eigenvalue weighted by molar-refractivity contribution is 14.1. The first kappa shape index (κ1) is 10.4. The first-order valence-corrected chi connectivity index (χ1v) is 6.70. The average Bonchev–Trinajstić information content (AvgIpc) is 2.54. The predicted molar refractivity (Wildman–Crippen MR) is 71.6 cm³/mol. The summed E-state index contributed by atoms with van der Waals surface area (Å²) in [5, 5.41) is 12.0. The van der Waals surface area contributed by atoms with Gasteiger partial charge in [0.2, 0.25) is 0 Å². The van der Waals surface area contributed by atoms with Crippen molar-refractivity contribution in [2.45, 2.75) is 6.42 Å². The summed E-state index contributed by atoms with van der Waals surface area (Å²) in [6.45, 7) is 0. The quantitative estimate of drug-likeness (QED) is 0.678. The number of fused-ring (bicyclic) bond motifs is 1. The minimum Gasteiger partial charge on any atom is -0.198 e. The predicted octanol–water partition coefficient (Wildman–Crippen LogP) is 4.33. The Morgan fingerprint density at radius 2 is 2.29 bits per heavy atom. The molecule has 0 amide bonds. The highest BCUT2D eigenvalue weighted by atomic mass is 127. The zero-order valence-electron chi connectivity index (χ0n) is 7.05. The third-order valence-electron chi connectivity index (χ3n) is 1.98. The van der Waals surface area contributed by atoms with Crippen LogP contribution in [0.5, 0.6) is 0 Å². The Bertz CT molecular complexity index is 527. The minimum absolute atomic E-state index is 0.486. The van der Waals surface area contributed by atoms with Crippen LogP contribution in [-0.2, 0) is 6.42 Å². The van der Waals surface area contributed by atoms with Gasteiger partial charge in [-0.3, -0.25) is 0 Å². The normalized spacial score (nSPS) is 10.4. The summed E-state index contributed by atoms with van der Waals surface area (Å²) in [4.78, 5) is 0. The molecule has 1 aromatic heterocycles. The summed E-state index contributed by atoms with van der Waals surface area (Å²) in [5.41, 5.74) is 1.12. The first-order valence-electron chi connectivity index (χ1n) is 3.95. The van der Waals surface area contributed by atoms with Gasteiger partial charge in [0.1, 0.15) is 0 Å². The maximum Gasteiger partial charge on any atom is 0.0670 e. The van der Waals surface area contributed by atoms with E-state index in [2.05, 4.69) is 56.0 Å². The van der Waals surface area contributed by atoms with E-state index in [-0.39, 0.29) is 0 Å². The topological polar surface area (TPSA) is 23.8 Å². The molecule has 0 aliphatic rings. The molecule has 2 rings (SSSR count).